The number of nitrogens with one attached hydrogen (secondary N) is 2. The van der Waals surface area contributed by atoms with Crippen molar-refractivity contribution in [1.82, 2.24) is 19.1 Å². The molecule has 0 bridgehead atoms. The van der Waals surface area contributed by atoms with E-state index < -0.39 is 29.4 Å². The molecule has 4 aromatic heterocycles. The van der Waals surface area contributed by atoms with Gasteiger partial charge in [0.05, 0.1) is 4.88 Å². The predicted octanol–water partition coefficient (Wildman–Crippen LogP) is 5.54. The number of nitrogens with zero attached hydrogens (tertiary/aromatic N) is 4. The Morgan fingerprint density at radius 1 is 0.667 bits per heavy atom. The maximum absolute atomic E-state index is 12.7. The van der Waals surface area contributed by atoms with Crippen molar-refractivity contribution in [2.75, 3.05) is 10.6 Å². The molecule has 4 heterocycles. The third kappa shape index (κ3) is 13.4. The van der Waals surface area contributed by atoms with Gasteiger partial charge in [0.15, 0.2) is 29.1 Å². The molecule has 6 aromatic rings. The van der Waals surface area contributed by atoms with Gasteiger partial charge in [0.1, 0.15) is 16.1 Å². The molecule has 0 fully saturated rings. The molecule has 16 nitrogen and oxygen atoms in total. The summed E-state index contributed by atoms with van der Waals surface area (Å²) in [5.41, 5.74) is 0.320. The van der Waals surface area contributed by atoms with Gasteiger partial charge in [-0.2, -0.15) is 0 Å². The number of fused-ring (bicyclic) bond motifs is 2. The molecule has 0 unspecified atom stereocenters. The second-order valence-corrected chi connectivity index (χ2v) is 17.6. The zero-order valence-corrected chi connectivity index (χ0v) is 38.6. The van der Waals surface area contributed by atoms with Crippen LogP contribution in [0.2, 0.25) is 0 Å². The predicted molar refractivity (Wildman–Crippen MR) is 225 cm³/mol. The van der Waals surface area contributed by atoms with Gasteiger partial charge in [-0.05, 0) is 107 Å². The zero-order valence-electron chi connectivity index (χ0n) is 35.0. The standard InChI is InChI=1S/C21H23N3O4S.C20H21N3O5S.Na.H2O/c1-12(25)17-10-14-8-13(6-7-16(14)29-17)9-15(26)19-22-18(11-24(19)5)23-20(27)28-21(2,3)4;1-20(2,3)28-19(27)22-16-10-23(4)17(21-16)13(24)8-11-5-6-14-12(7-11)9-15(29-14)18(25)26;;/h6-8,10-11H,9H2,1-5H3,(H,23,27);5-7,9-10H,8H2,1-4H3,(H,22,27)(H,25,26);;1H2/q;;+1;/p-1. The van der Waals surface area contributed by atoms with Gasteiger partial charge in [0.25, 0.3) is 0 Å². The largest absolute Gasteiger partial charge is 1.00 e. The first kappa shape index (κ1) is 49.1. The van der Waals surface area contributed by atoms with E-state index in [9.17, 15) is 28.8 Å². The number of Topliss-reactive ketones (excluding diaryl/α,β-unsaturated/α-hetero) is 3. The van der Waals surface area contributed by atoms with Crippen LogP contribution in [0, 0.1) is 0 Å². The molecule has 60 heavy (non-hydrogen) atoms. The number of anilines is 2. The Bertz CT molecular complexity index is 2400. The number of ether oxygens (including phenoxy) is 2. The number of hydrogen-bond donors (Lipinski definition) is 3. The molecule has 19 heteroatoms. The van der Waals surface area contributed by atoms with Gasteiger partial charge in [-0.1, -0.05) is 12.1 Å². The normalized spacial score (nSPS) is 11.1. The maximum atomic E-state index is 12.7. The third-order valence-corrected chi connectivity index (χ3v) is 10.3. The summed E-state index contributed by atoms with van der Waals surface area (Å²) in [4.78, 5) is 81.2. The molecule has 2 aromatic carbocycles. The van der Waals surface area contributed by atoms with Gasteiger partial charge >= 0.3 is 47.7 Å². The monoisotopic (exact) mass is 868 g/mol. The van der Waals surface area contributed by atoms with Gasteiger partial charge < -0.3 is 29.2 Å². The number of aryl methyl sites for hydroxylation is 2. The van der Waals surface area contributed by atoms with E-state index in [1.165, 1.54) is 22.7 Å². The Kier molecular flexibility index (Phi) is 16.3. The number of thiophene rings is 2. The summed E-state index contributed by atoms with van der Waals surface area (Å²) in [5, 5.41) is 15.9. The van der Waals surface area contributed by atoms with E-state index in [-0.39, 0.29) is 93.4 Å². The molecular weight excluding hydrogens is 824 g/mol. The van der Waals surface area contributed by atoms with Crippen LogP contribution < -0.4 is 40.2 Å². The summed E-state index contributed by atoms with van der Waals surface area (Å²) in [7, 11) is 3.36. The third-order valence-electron chi connectivity index (χ3n) is 7.96. The molecule has 312 valence electrons. The molecule has 0 radical (unpaired) electrons. The Morgan fingerprint density at radius 3 is 1.42 bits per heavy atom. The van der Waals surface area contributed by atoms with Crippen LogP contribution in [0.1, 0.15) is 100 Å². The number of hydrogen-bond acceptors (Lipinski definition) is 13. The molecular formula is C41H45N6NaO10S2. The molecule has 0 atom stereocenters. The van der Waals surface area contributed by atoms with Gasteiger partial charge in [-0.15, -0.1) is 22.7 Å². The van der Waals surface area contributed by atoms with Crippen LogP contribution in [0.5, 0.6) is 0 Å². The Morgan fingerprint density at radius 2 is 1.05 bits per heavy atom. The zero-order chi connectivity index (χ0) is 42.7. The van der Waals surface area contributed by atoms with Crippen molar-refractivity contribution < 1.29 is 78.4 Å². The average molecular weight is 869 g/mol. The molecule has 0 aliphatic heterocycles. The number of ketones is 3. The molecule has 4 N–H and O–H groups in total. The number of carbonyl (C=O) groups is 6. The number of imidazole rings is 2. The van der Waals surface area contributed by atoms with Crippen LogP contribution in [0.3, 0.4) is 0 Å². The summed E-state index contributed by atoms with van der Waals surface area (Å²) < 4.78 is 15.4. The Labute approximate surface area is 375 Å². The van der Waals surface area contributed by atoms with E-state index in [2.05, 4.69) is 20.6 Å². The molecule has 0 aliphatic carbocycles. The molecule has 0 saturated heterocycles. The second kappa shape index (κ2) is 19.9. The van der Waals surface area contributed by atoms with Crippen molar-refractivity contribution in [3.05, 3.63) is 93.5 Å². The smallest absolute Gasteiger partial charge is 0.870 e. The van der Waals surface area contributed by atoms with Crippen molar-refractivity contribution >= 4 is 90.0 Å². The maximum Gasteiger partial charge on any atom is 1.00 e. The van der Waals surface area contributed by atoms with Crippen LogP contribution in [-0.2, 0) is 36.4 Å². The fraction of sp³-hybridized carbons (Fsp3) is 0.317. The van der Waals surface area contributed by atoms with E-state index in [4.69, 9.17) is 14.6 Å². The van der Waals surface area contributed by atoms with E-state index in [0.29, 0.717) is 4.88 Å². The minimum atomic E-state index is -0.971. The van der Waals surface area contributed by atoms with Gasteiger partial charge in [-0.25, -0.2) is 24.4 Å². The first-order chi connectivity index (χ1) is 27.0. The molecule has 0 spiro atoms. The first-order valence-corrected chi connectivity index (χ1v) is 19.6. The topological polar surface area (TPSA) is 231 Å². The number of aromatic nitrogens is 4. The van der Waals surface area contributed by atoms with Gasteiger partial charge in [0.2, 0.25) is 11.6 Å². The number of benzene rings is 2. The Hall–Kier alpha value is -5.24. The first-order valence-electron chi connectivity index (χ1n) is 18.0. The summed E-state index contributed by atoms with van der Waals surface area (Å²) in [5.74, 6) is -0.417. The molecule has 6 rings (SSSR count). The molecule has 0 aliphatic rings. The second-order valence-electron chi connectivity index (χ2n) is 15.4. The number of carboxylic acid groups (broad SMARTS) is 1. The minimum Gasteiger partial charge on any atom is -0.870 e. The van der Waals surface area contributed by atoms with E-state index >= 15 is 0 Å². The van der Waals surface area contributed by atoms with Gasteiger partial charge in [-0.3, -0.25) is 25.0 Å². The fourth-order valence-electron chi connectivity index (χ4n) is 5.60. The van der Waals surface area contributed by atoms with Crippen LogP contribution in [0.25, 0.3) is 20.2 Å². The quantitative estimate of drug-likeness (QED) is 0.114. The van der Waals surface area contributed by atoms with Crippen LogP contribution >= 0.6 is 22.7 Å². The van der Waals surface area contributed by atoms with Crippen molar-refractivity contribution in [3.63, 3.8) is 0 Å². The van der Waals surface area contributed by atoms with Crippen LogP contribution in [-0.4, -0.2) is 76.4 Å². The van der Waals surface area contributed by atoms with E-state index in [0.717, 1.165) is 31.3 Å². The van der Waals surface area contributed by atoms with E-state index in [1.54, 1.807) is 102 Å². The SMILES string of the molecule is CC(=O)c1cc2cc(CC(=O)c3nc(NC(=O)OC(C)(C)C)cn3C)ccc2s1.Cn1cc(NC(=O)OC(C)(C)C)nc1C(=O)Cc1ccc2sc(C(=O)O)cc2c1.[Na+].[OH-]. The summed E-state index contributed by atoms with van der Waals surface area (Å²) in [6.07, 6.45) is 2.10. The summed E-state index contributed by atoms with van der Waals surface area (Å²) >= 11 is 2.63. The number of carbonyl (C=O) groups excluding carboxylic acids is 5. The number of carboxylic acids is 1. The molecule has 2 amide bonds. The van der Waals surface area contributed by atoms with Crippen molar-refractivity contribution in [2.24, 2.45) is 14.1 Å². The van der Waals surface area contributed by atoms with Crippen LogP contribution in [0.15, 0.2) is 60.9 Å². The number of amides is 2. The van der Waals surface area contributed by atoms with Crippen molar-refractivity contribution in [3.8, 4) is 0 Å². The molecule has 0 saturated carbocycles. The fourth-order valence-corrected chi connectivity index (χ4v) is 7.42. The Balaban J connectivity index is 0.000000310. The van der Waals surface area contributed by atoms with Crippen molar-refractivity contribution in [2.45, 2.75) is 72.5 Å². The van der Waals surface area contributed by atoms with Crippen molar-refractivity contribution in [1.29, 1.82) is 0 Å². The summed E-state index contributed by atoms with van der Waals surface area (Å²) in [6.45, 7) is 12.1. The average Bonchev–Trinajstić information content (AvgIpc) is 3.87. The minimum absolute atomic E-state index is 0. The van der Waals surface area contributed by atoms with E-state index in [1.807, 2.05) is 30.3 Å². The van der Waals surface area contributed by atoms with Crippen LogP contribution in [0.4, 0.5) is 21.2 Å². The number of aromatic carboxylic acids is 1. The summed E-state index contributed by atoms with van der Waals surface area (Å²) in [6, 6.07) is 14.6. The van der Waals surface area contributed by atoms with Gasteiger partial charge in [0, 0.05) is 48.7 Å². The number of rotatable bonds is 10.